The van der Waals surface area contributed by atoms with Crippen LogP contribution in [0.4, 0.5) is 0 Å². The van der Waals surface area contributed by atoms with Crippen LogP contribution in [0.5, 0.6) is 11.5 Å². The van der Waals surface area contributed by atoms with Crippen molar-refractivity contribution in [2.24, 2.45) is 0 Å². The Labute approximate surface area is 163 Å². The molecule has 1 aromatic carbocycles. The van der Waals surface area contributed by atoms with E-state index in [4.69, 9.17) is 9.47 Å². The monoisotopic (exact) mass is 385 g/mol. The Morgan fingerprint density at radius 3 is 2.85 bits per heavy atom. The second-order valence-electron chi connectivity index (χ2n) is 6.87. The molecule has 2 aliphatic rings. The summed E-state index contributed by atoms with van der Waals surface area (Å²) in [5.41, 5.74) is 5.03. The van der Waals surface area contributed by atoms with Crippen molar-refractivity contribution >= 4 is 22.9 Å². The molecule has 0 bridgehead atoms. The first-order valence-electron chi connectivity index (χ1n) is 9.10. The van der Waals surface area contributed by atoms with Crippen molar-refractivity contribution in [3.63, 3.8) is 0 Å². The molecule has 0 spiro atoms. The van der Waals surface area contributed by atoms with Crippen molar-refractivity contribution in [3.05, 3.63) is 51.2 Å². The van der Waals surface area contributed by atoms with Gasteiger partial charge in [-0.25, -0.2) is 4.79 Å². The Morgan fingerprint density at radius 2 is 2.07 bits per heavy atom. The number of nitrogens with zero attached hydrogens (tertiary/aromatic N) is 1. The van der Waals surface area contributed by atoms with Crippen molar-refractivity contribution in [3.8, 4) is 11.5 Å². The van der Waals surface area contributed by atoms with Gasteiger partial charge in [0.15, 0.2) is 6.61 Å². The van der Waals surface area contributed by atoms with Gasteiger partial charge in [0.25, 0.3) is 0 Å². The zero-order valence-corrected chi connectivity index (χ0v) is 16.4. The molecule has 0 amide bonds. The van der Waals surface area contributed by atoms with Gasteiger partial charge in [0.1, 0.15) is 18.1 Å². The molecule has 3 heterocycles. The van der Waals surface area contributed by atoms with Crippen LogP contribution in [0.3, 0.4) is 0 Å². The third-order valence-corrected chi connectivity index (χ3v) is 6.08. The van der Waals surface area contributed by atoms with Crippen LogP contribution in [0, 0.1) is 0 Å². The van der Waals surface area contributed by atoms with Gasteiger partial charge in [-0.05, 0) is 49.5 Å². The second-order valence-corrected chi connectivity index (χ2v) is 7.78. The molecule has 0 radical (unpaired) electrons. The molecule has 2 aliphatic heterocycles. The SMILES string of the molecule is COC(=O)COc1ccc2c(c1)C(=C1CCN(C)CC1)c1sccc1CO2. The van der Waals surface area contributed by atoms with Gasteiger partial charge in [0, 0.05) is 34.7 Å². The molecule has 0 N–H and O–H groups in total. The Hall–Kier alpha value is -2.31. The van der Waals surface area contributed by atoms with Crippen LogP contribution in [-0.4, -0.2) is 44.7 Å². The Morgan fingerprint density at radius 1 is 1.26 bits per heavy atom. The van der Waals surface area contributed by atoms with Gasteiger partial charge in [0.2, 0.25) is 0 Å². The van der Waals surface area contributed by atoms with Crippen molar-refractivity contribution in [1.82, 2.24) is 4.90 Å². The van der Waals surface area contributed by atoms with Gasteiger partial charge in [0.05, 0.1) is 7.11 Å². The number of methoxy groups -OCH3 is 1. The van der Waals surface area contributed by atoms with Crippen LogP contribution in [0.25, 0.3) is 5.57 Å². The van der Waals surface area contributed by atoms with E-state index >= 15 is 0 Å². The summed E-state index contributed by atoms with van der Waals surface area (Å²) in [7, 11) is 3.53. The molecule has 0 aliphatic carbocycles. The number of ether oxygens (including phenoxy) is 3. The second kappa shape index (κ2) is 7.74. The highest BCUT2D eigenvalue weighted by atomic mass is 32.1. The molecule has 0 unspecified atom stereocenters. The van der Waals surface area contributed by atoms with Crippen LogP contribution in [-0.2, 0) is 16.1 Å². The number of rotatable bonds is 3. The number of hydrogen-bond donors (Lipinski definition) is 0. The van der Waals surface area contributed by atoms with Crippen molar-refractivity contribution in [2.45, 2.75) is 19.4 Å². The molecule has 2 aromatic rings. The van der Waals surface area contributed by atoms with E-state index in [0.29, 0.717) is 12.4 Å². The van der Waals surface area contributed by atoms with Crippen LogP contribution < -0.4 is 9.47 Å². The molecule has 0 saturated carbocycles. The highest BCUT2D eigenvalue weighted by molar-refractivity contribution is 7.11. The van der Waals surface area contributed by atoms with E-state index in [1.165, 1.54) is 28.7 Å². The van der Waals surface area contributed by atoms with Crippen LogP contribution in [0.1, 0.15) is 28.8 Å². The molecule has 142 valence electrons. The van der Waals surface area contributed by atoms with Crippen LogP contribution in [0.15, 0.2) is 35.2 Å². The first-order chi connectivity index (χ1) is 13.2. The minimum atomic E-state index is -0.393. The molecule has 1 aromatic heterocycles. The standard InChI is InChI=1S/C21H23NO4S/c1-22-8-5-14(6-9-22)20-17-11-16(25-13-19(23)24-2)3-4-18(17)26-12-15-7-10-27-21(15)20/h3-4,7,10-11H,5-6,8-9,12-13H2,1-2H3. The van der Waals surface area contributed by atoms with Gasteiger partial charge in [-0.2, -0.15) is 0 Å². The topological polar surface area (TPSA) is 48.0 Å². The smallest absolute Gasteiger partial charge is 0.343 e. The number of carbonyl (C=O) groups is 1. The van der Waals surface area contributed by atoms with Crippen LogP contribution in [0.2, 0.25) is 0 Å². The van der Waals surface area contributed by atoms with Gasteiger partial charge in [-0.1, -0.05) is 5.57 Å². The maximum absolute atomic E-state index is 11.4. The number of hydrogen-bond acceptors (Lipinski definition) is 6. The molecular formula is C21H23NO4S. The number of piperidine rings is 1. The average molecular weight is 385 g/mol. The summed E-state index contributed by atoms with van der Waals surface area (Å²) in [4.78, 5) is 15.1. The van der Waals surface area contributed by atoms with E-state index in [9.17, 15) is 4.79 Å². The average Bonchev–Trinajstić information content (AvgIpc) is 3.09. The largest absolute Gasteiger partial charge is 0.488 e. The van der Waals surface area contributed by atoms with Gasteiger partial charge in [-0.3, -0.25) is 0 Å². The minimum Gasteiger partial charge on any atom is -0.488 e. The minimum absolute atomic E-state index is 0.100. The number of likely N-dealkylation sites (tertiary alicyclic amines) is 1. The van der Waals surface area contributed by atoms with E-state index in [0.717, 1.165) is 37.2 Å². The van der Waals surface area contributed by atoms with Gasteiger partial charge < -0.3 is 19.1 Å². The number of benzene rings is 1. The molecule has 1 saturated heterocycles. The summed E-state index contributed by atoms with van der Waals surface area (Å²) in [5, 5.41) is 2.13. The fourth-order valence-electron chi connectivity index (χ4n) is 3.56. The third-order valence-electron chi connectivity index (χ3n) is 5.11. The normalized spacial score (nSPS) is 16.8. The van der Waals surface area contributed by atoms with Crippen molar-refractivity contribution in [1.29, 1.82) is 0 Å². The Balaban J connectivity index is 1.77. The lowest BCUT2D eigenvalue weighted by Crippen LogP contribution is -2.26. The Bertz CT molecular complexity index is 876. The summed E-state index contributed by atoms with van der Waals surface area (Å²) in [6, 6.07) is 7.93. The first kappa shape index (κ1) is 18.1. The van der Waals surface area contributed by atoms with E-state index in [2.05, 4.69) is 28.1 Å². The molecule has 0 atom stereocenters. The zero-order chi connectivity index (χ0) is 18.8. The molecule has 27 heavy (non-hydrogen) atoms. The lowest BCUT2D eigenvalue weighted by Gasteiger charge is -2.26. The molecule has 4 rings (SSSR count). The maximum atomic E-state index is 11.4. The van der Waals surface area contributed by atoms with Crippen molar-refractivity contribution in [2.75, 3.05) is 33.9 Å². The number of carbonyl (C=O) groups excluding carboxylic acids is 1. The fourth-order valence-corrected chi connectivity index (χ4v) is 4.58. The zero-order valence-electron chi connectivity index (χ0n) is 15.6. The lowest BCUT2D eigenvalue weighted by atomic mass is 9.91. The van der Waals surface area contributed by atoms with E-state index in [1.807, 2.05) is 18.2 Å². The summed E-state index contributed by atoms with van der Waals surface area (Å²) < 4.78 is 16.4. The molecule has 5 nitrogen and oxygen atoms in total. The molecular weight excluding hydrogens is 362 g/mol. The summed E-state index contributed by atoms with van der Waals surface area (Å²) in [6.45, 7) is 2.60. The molecule has 6 heteroatoms. The summed E-state index contributed by atoms with van der Waals surface area (Å²) in [5.74, 6) is 1.12. The first-order valence-corrected chi connectivity index (χ1v) is 9.98. The fraction of sp³-hybridized carbons (Fsp3) is 0.381. The summed E-state index contributed by atoms with van der Waals surface area (Å²) in [6.07, 6.45) is 2.10. The summed E-state index contributed by atoms with van der Waals surface area (Å²) >= 11 is 1.77. The highest BCUT2D eigenvalue weighted by Gasteiger charge is 2.25. The number of thiophene rings is 1. The maximum Gasteiger partial charge on any atom is 0.343 e. The third kappa shape index (κ3) is 3.73. The quantitative estimate of drug-likeness (QED) is 0.754. The van der Waals surface area contributed by atoms with Gasteiger partial charge >= 0.3 is 5.97 Å². The van der Waals surface area contributed by atoms with Gasteiger partial charge in [-0.15, -0.1) is 11.3 Å². The number of esters is 1. The number of fused-ring (bicyclic) bond motifs is 2. The van der Waals surface area contributed by atoms with E-state index in [-0.39, 0.29) is 6.61 Å². The van der Waals surface area contributed by atoms with Crippen LogP contribution >= 0.6 is 11.3 Å². The van der Waals surface area contributed by atoms with E-state index < -0.39 is 5.97 Å². The predicted molar refractivity (Wildman–Crippen MR) is 105 cm³/mol. The molecule has 1 fully saturated rings. The predicted octanol–water partition coefficient (Wildman–Crippen LogP) is 3.72. The highest BCUT2D eigenvalue weighted by Crippen LogP contribution is 2.44. The Kier molecular flexibility index (Phi) is 5.18. The lowest BCUT2D eigenvalue weighted by molar-refractivity contribution is -0.142. The van der Waals surface area contributed by atoms with E-state index in [1.54, 1.807) is 11.3 Å². The van der Waals surface area contributed by atoms with Crippen molar-refractivity contribution < 1.29 is 19.0 Å².